The molecule has 1 unspecified atom stereocenters. The molecule has 24 heavy (non-hydrogen) atoms. The second-order valence-corrected chi connectivity index (χ2v) is 6.45. The molecule has 0 radical (unpaired) electrons. The van der Waals surface area contributed by atoms with Crippen molar-refractivity contribution in [1.82, 2.24) is 10.3 Å². The van der Waals surface area contributed by atoms with Crippen LogP contribution in [0.5, 0.6) is 0 Å². The van der Waals surface area contributed by atoms with Gasteiger partial charge in [0.1, 0.15) is 0 Å². The molecule has 1 amide bonds. The summed E-state index contributed by atoms with van der Waals surface area (Å²) in [4.78, 5) is 16.6. The second-order valence-electron chi connectivity index (χ2n) is 6.45. The number of anilines is 1. The van der Waals surface area contributed by atoms with E-state index in [0.29, 0.717) is 12.1 Å². The van der Waals surface area contributed by atoms with Gasteiger partial charge >= 0.3 is 0 Å². The number of aromatic nitrogens is 1. The number of nitrogens with zero attached hydrogens (tertiary/aromatic N) is 1. The van der Waals surface area contributed by atoms with Crippen LogP contribution in [-0.4, -0.2) is 28.1 Å². The molecule has 2 aromatic rings. The van der Waals surface area contributed by atoms with Crippen molar-refractivity contribution in [3.8, 4) is 0 Å². The normalized spacial score (nSPS) is 13.4. The number of carbonyl (C=O) groups is 1. The molecule has 0 aliphatic rings. The van der Waals surface area contributed by atoms with Gasteiger partial charge in [-0.25, -0.2) is 0 Å². The van der Waals surface area contributed by atoms with Gasteiger partial charge in [0.25, 0.3) is 5.91 Å². The maximum absolute atomic E-state index is 12.5. The molecule has 2 rings (SSSR count). The largest absolute Gasteiger partial charge is 0.388 e. The molecule has 128 valence electrons. The maximum atomic E-state index is 12.5. The predicted molar refractivity (Wildman–Crippen MR) is 95.8 cm³/mol. The third-order valence-electron chi connectivity index (χ3n) is 4.23. The van der Waals surface area contributed by atoms with Gasteiger partial charge in [-0.15, -0.1) is 0 Å². The van der Waals surface area contributed by atoms with Gasteiger partial charge in [0.15, 0.2) is 0 Å². The SMILES string of the molecule is CC(C)C(C)(O)CNC(=O)c1ccccc1NCc1cccnc1. The summed E-state index contributed by atoms with van der Waals surface area (Å²) < 4.78 is 0. The number of para-hydroxylation sites is 1. The Balaban J connectivity index is 2.03. The van der Waals surface area contributed by atoms with Gasteiger partial charge in [0, 0.05) is 31.2 Å². The number of nitrogens with one attached hydrogen (secondary N) is 2. The van der Waals surface area contributed by atoms with Crippen molar-refractivity contribution in [1.29, 1.82) is 0 Å². The first kappa shape index (κ1) is 17.9. The molecule has 3 N–H and O–H groups in total. The van der Waals surface area contributed by atoms with Crippen molar-refractivity contribution in [2.45, 2.75) is 32.9 Å². The van der Waals surface area contributed by atoms with E-state index in [1.165, 1.54) is 0 Å². The van der Waals surface area contributed by atoms with Gasteiger partial charge in [0.2, 0.25) is 0 Å². The van der Waals surface area contributed by atoms with Crippen molar-refractivity contribution >= 4 is 11.6 Å². The lowest BCUT2D eigenvalue weighted by Crippen LogP contribution is -2.44. The molecular weight excluding hydrogens is 302 g/mol. The number of rotatable bonds is 7. The van der Waals surface area contributed by atoms with E-state index >= 15 is 0 Å². The van der Waals surface area contributed by atoms with Crippen LogP contribution in [0, 0.1) is 5.92 Å². The number of aliphatic hydroxyl groups is 1. The average Bonchev–Trinajstić information content (AvgIpc) is 2.59. The Morgan fingerprint density at radius 2 is 2.00 bits per heavy atom. The summed E-state index contributed by atoms with van der Waals surface area (Å²) in [7, 11) is 0. The minimum atomic E-state index is -0.937. The van der Waals surface area contributed by atoms with E-state index in [9.17, 15) is 9.90 Å². The van der Waals surface area contributed by atoms with Gasteiger partial charge < -0.3 is 15.7 Å². The molecule has 1 heterocycles. The van der Waals surface area contributed by atoms with E-state index in [0.717, 1.165) is 11.3 Å². The Bertz CT molecular complexity index is 669. The molecule has 0 spiro atoms. The smallest absolute Gasteiger partial charge is 0.253 e. The summed E-state index contributed by atoms with van der Waals surface area (Å²) in [6.07, 6.45) is 3.51. The topological polar surface area (TPSA) is 74.2 Å². The summed E-state index contributed by atoms with van der Waals surface area (Å²) in [5.74, 6) is -0.151. The Hall–Kier alpha value is -2.40. The Labute approximate surface area is 143 Å². The monoisotopic (exact) mass is 327 g/mol. The van der Waals surface area contributed by atoms with E-state index < -0.39 is 5.60 Å². The summed E-state index contributed by atoms with van der Waals surface area (Å²) >= 11 is 0. The molecule has 5 heteroatoms. The Morgan fingerprint density at radius 3 is 2.67 bits per heavy atom. The predicted octanol–water partition coefficient (Wildman–Crippen LogP) is 2.83. The van der Waals surface area contributed by atoms with Gasteiger partial charge in [-0.2, -0.15) is 0 Å². The number of carbonyl (C=O) groups excluding carboxylic acids is 1. The van der Waals surface area contributed by atoms with Crippen molar-refractivity contribution in [3.63, 3.8) is 0 Å². The Kier molecular flexibility index (Phi) is 5.93. The highest BCUT2D eigenvalue weighted by molar-refractivity contribution is 5.99. The Morgan fingerprint density at radius 1 is 1.25 bits per heavy atom. The fourth-order valence-corrected chi connectivity index (χ4v) is 2.09. The third-order valence-corrected chi connectivity index (χ3v) is 4.23. The van der Waals surface area contributed by atoms with E-state index in [2.05, 4.69) is 15.6 Å². The fourth-order valence-electron chi connectivity index (χ4n) is 2.09. The van der Waals surface area contributed by atoms with Gasteiger partial charge in [-0.3, -0.25) is 9.78 Å². The zero-order chi connectivity index (χ0) is 17.6. The summed E-state index contributed by atoms with van der Waals surface area (Å²) in [5.41, 5.74) is 1.41. The lowest BCUT2D eigenvalue weighted by atomic mass is 9.92. The first-order chi connectivity index (χ1) is 11.4. The van der Waals surface area contributed by atoms with Gasteiger partial charge in [-0.05, 0) is 36.6 Å². The third kappa shape index (κ3) is 4.80. The summed E-state index contributed by atoms with van der Waals surface area (Å²) in [6.45, 7) is 6.37. The quantitative estimate of drug-likeness (QED) is 0.731. The standard InChI is InChI=1S/C19H25N3O2/c1-14(2)19(3,24)13-22-18(23)16-8-4-5-9-17(16)21-12-15-7-6-10-20-11-15/h4-11,14,21,24H,12-13H2,1-3H3,(H,22,23). The highest BCUT2D eigenvalue weighted by Gasteiger charge is 2.25. The van der Waals surface area contributed by atoms with Crippen LogP contribution in [0.2, 0.25) is 0 Å². The molecule has 0 saturated heterocycles. The lowest BCUT2D eigenvalue weighted by Gasteiger charge is -2.28. The highest BCUT2D eigenvalue weighted by atomic mass is 16.3. The van der Waals surface area contributed by atoms with Crippen LogP contribution >= 0.6 is 0 Å². The molecule has 0 aliphatic heterocycles. The molecular formula is C19H25N3O2. The van der Waals surface area contributed by atoms with Crippen molar-refractivity contribution in [2.75, 3.05) is 11.9 Å². The maximum Gasteiger partial charge on any atom is 0.253 e. The minimum absolute atomic E-state index is 0.0525. The molecule has 0 saturated carbocycles. The van der Waals surface area contributed by atoms with Crippen LogP contribution in [0.25, 0.3) is 0 Å². The molecule has 1 aromatic carbocycles. The molecule has 0 aliphatic carbocycles. The van der Waals surface area contributed by atoms with Crippen LogP contribution in [0.3, 0.4) is 0 Å². The van der Waals surface area contributed by atoms with Crippen LogP contribution in [0.1, 0.15) is 36.7 Å². The fraction of sp³-hybridized carbons (Fsp3) is 0.368. The first-order valence-electron chi connectivity index (χ1n) is 8.12. The van der Waals surface area contributed by atoms with E-state index in [-0.39, 0.29) is 18.4 Å². The zero-order valence-electron chi connectivity index (χ0n) is 14.4. The number of hydrogen-bond acceptors (Lipinski definition) is 4. The first-order valence-corrected chi connectivity index (χ1v) is 8.12. The zero-order valence-corrected chi connectivity index (χ0v) is 14.4. The molecule has 1 aromatic heterocycles. The molecule has 5 nitrogen and oxygen atoms in total. The second kappa shape index (κ2) is 7.93. The molecule has 0 fully saturated rings. The van der Waals surface area contributed by atoms with E-state index in [1.807, 2.05) is 44.2 Å². The van der Waals surface area contributed by atoms with Crippen LogP contribution < -0.4 is 10.6 Å². The van der Waals surface area contributed by atoms with Crippen LogP contribution in [-0.2, 0) is 6.54 Å². The van der Waals surface area contributed by atoms with Crippen molar-refractivity contribution < 1.29 is 9.90 Å². The lowest BCUT2D eigenvalue weighted by molar-refractivity contribution is 0.0142. The van der Waals surface area contributed by atoms with Crippen molar-refractivity contribution in [3.05, 3.63) is 59.9 Å². The minimum Gasteiger partial charge on any atom is -0.388 e. The number of benzene rings is 1. The number of amides is 1. The summed E-state index contributed by atoms with van der Waals surface area (Å²) in [6, 6.07) is 11.2. The number of hydrogen-bond donors (Lipinski definition) is 3. The summed E-state index contributed by atoms with van der Waals surface area (Å²) in [5, 5.41) is 16.4. The van der Waals surface area contributed by atoms with Gasteiger partial charge in [-0.1, -0.05) is 32.0 Å². The highest BCUT2D eigenvalue weighted by Crippen LogP contribution is 2.18. The van der Waals surface area contributed by atoms with E-state index in [4.69, 9.17) is 0 Å². The average molecular weight is 327 g/mol. The van der Waals surface area contributed by atoms with Gasteiger partial charge in [0.05, 0.1) is 11.2 Å². The van der Waals surface area contributed by atoms with Crippen LogP contribution in [0.15, 0.2) is 48.8 Å². The molecule has 0 bridgehead atoms. The van der Waals surface area contributed by atoms with Crippen LogP contribution in [0.4, 0.5) is 5.69 Å². The van der Waals surface area contributed by atoms with Crippen molar-refractivity contribution in [2.24, 2.45) is 5.92 Å². The number of pyridine rings is 1. The van der Waals surface area contributed by atoms with E-state index in [1.54, 1.807) is 25.4 Å². The molecule has 1 atom stereocenters.